The molecule has 0 aromatic carbocycles. The van der Waals surface area contributed by atoms with E-state index in [0.717, 1.165) is 5.69 Å². The van der Waals surface area contributed by atoms with Crippen LogP contribution in [0, 0.1) is 0 Å². The molecule has 2 aromatic heterocycles. The molecule has 0 amide bonds. The number of ketones is 1. The first-order valence-electron chi connectivity index (χ1n) is 5.91. The minimum absolute atomic E-state index is 0.0482. The lowest BCUT2D eigenvalue weighted by atomic mass is 10.1. The summed E-state index contributed by atoms with van der Waals surface area (Å²) in [7, 11) is 1.57. The van der Waals surface area contributed by atoms with Gasteiger partial charge in [-0.15, -0.1) is 0 Å². The second kappa shape index (κ2) is 4.98. The summed E-state index contributed by atoms with van der Waals surface area (Å²) in [6.07, 6.45) is 1.15. The molecule has 0 aliphatic carbocycles. The Kier molecular flexibility index (Phi) is 3.57. The third-order valence-corrected chi connectivity index (χ3v) is 3.31. The van der Waals surface area contributed by atoms with Gasteiger partial charge in [0.15, 0.2) is 5.78 Å². The third-order valence-electron chi connectivity index (χ3n) is 2.92. The van der Waals surface area contributed by atoms with Crippen LogP contribution in [0.1, 0.15) is 36.3 Å². The van der Waals surface area contributed by atoms with Crippen LogP contribution in [0.2, 0.25) is 5.02 Å². The largest absolute Gasteiger partial charge is 0.481 e. The van der Waals surface area contributed by atoms with E-state index in [2.05, 4.69) is 5.10 Å². The van der Waals surface area contributed by atoms with E-state index >= 15 is 0 Å². The Morgan fingerprint density at radius 3 is 2.72 bits per heavy atom. The number of carbonyl (C=O) groups excluding carboxylic acids is 1. The Morgan fingerprint density at radius 1 is 1.44 bits per heavy atom. The van der Waals surface area contributed by atoms with Crippen molar-refractivity contribution in [2.24, 2.45) is 0 Å². The predicted octanol–water partition coefficient (Wildman–Crippen LogP) is 3.15. The summed E-state index contributed by atoms with van der Waals surface area (Å²) in [5.41, 5.74) is 2.00. The molecule has 0 N–H and O–H groups in total. The highest BCUT2D eigenvalue weighted by Crippen LogP contribution is 2.29. The highest BCUT2D eigenvalue weighted by Gasteiger charge is 2.19. The van der Waals surface area contributed by atoms with E-state index in [9.17, 15) is 4.79 Å². The van der Waals surface area contributed by atoms with E-state index in [-0.39, 0.29) is 5.78 Å². The van der Waals surface area contributed by atoms with Crippen molar-refractivity contribution in [3.05, 3.63) is 28.4 Å². The monoisotopic (exact) mass is 266 g/mol. The van der Waals surface area contributed by atoms with Crippen molar-refractivity contribution in [2.75, 3.05) is 7.11 Å². The SMILES string of the molecule is CCC(=O)c1ccc(OC)n2nc(CC)c(Cl)c12. The summed E-state index contributed by atoms with van der Waals surface area (Å²) in [4.78, 5) is 11.9. The van der Waals surface area contributed by atoms with Crippen molar-refractivity contribution in [3.8, 4) is 5.88 Å². The molecule has 0 bridgehead atoms. The van der Waals surface area contributed by atoms with Crippen molar-refractivity contribution < 1.29 is 9.53 Å². The molecule has 0 aliphatic rings. The summed E-state index contributed by atoms with van der Waals surface area (Å²) in [6, 6.07) is 3.48. The first kappa shape index (κ1) is 12.9. The number of Topliss-reactive ketones (excluding diaryl/α,β-unsaturated/α-hetero) is 1. The molecule has 0 saturated heterocycles. The molecule has 0 aliphatic heterocycles. The van der Waals surface area contributed by atoms with Gasteiger partial charge in [-0.1, -0.05) is 25.4 Å². The molecule has 0 spiro atoms. The van der Waals surface area contributed by atoms with Crippen molar-refractivity contribution in [3.63, 3.8) is 0 Å². The fourth-order valence-electron chi connectivity index (χ4n) is 1.94. The number of ether oxygens (including phenoxy) is 1. The second-order valence-electron chi connectivity index (χ2n) is 3.94. The first-order chi connectivity index (χ1) is 8.63. The van der Waals surface area contributed by atoms with E-state index in [0.29, 0.717) is 34.8 Å². The number of carbonyl (C=O) groups is 1. The highest BCUT2D eigenvalue weighted by molar-refractivity contribution is 6.35. The molecule has 0 radical (unpaired) electrons. The molecule has 0 unspecified atom stereocenters. The van der Waals surface area contributed by atoms with Crippen molar-refractivity contribution in [1.29, 1.82) is 0 Å². The molecule has 18 heavy (non-hydrogen) atoms. The number of pyridine rings is 1. The maximum atomic E-state index is 11.9. The molecule has 5 heteroatoms. The number of halogens is 1. The van der Waals surface area contributed by atoms with Crippen LogP contribution in [0.25, 0.3) is 5.52 Å². The lowest BCUT2D eigenvalue weighted by Gasteiger charge is -2.06. The minimum atomic E-state index is 0.0482. The molecule has 0 atom stereocenters. The van der Waals surface area contributed by atoms with E-state index in [1.54, 1.807) is 23.8 Å². The Hall–Kier alpha value is -1.55. The molecule has 2 aromatic rings. The Balaban J connectivity index is 2.82. The summed E-state index contributed by atoms with van der Waals surface area (Å²) >= 11 is 6.30. The predicted molar refractivity (Wildman–Crippen MR) is 70.8 cm³/mol. The summed E-state index contributed by atoms with van der Waals surface area (Å²) in [6.45, 7) is 3.80. The Labute approximate surface area is 111 Å². The van der Waals surface area contributed by atoms with Gasteiger partial charge in [-0.25, -0.2) is 0 Å². The standard InChI is InChI=1S/C13H15ClN2O2/c1-4-9-12(14)13-8(10(17)5-2)6-7-11(18-3)16(13)15-9/h6-7H,4-5H2,1-3H3. The number of nitrogens with zero attached hydrogens (tertiary/aromatic N) is 2. The summed E-state index contributed by atoms with van der Waals surface area (Å²) < 4.78 is 6.84. The normalized spacial score (nSPS) is 10.9. The zero-order valence-electron chi connectivity index (χ0n) is 10.7. The van der Waals surface area contributed by atoms with Crippen LogP contribution < -0.4 is 4.74 Å². The summed E-state index contributed by atoms with van der Waals surface area (Å²) in [5, 5.41) is 4.92. The summed E-state index contributed by atoms with van der Waals surface area (Å²) in [5.74, 6) is 0.617. The van der Waals surface area contributed by atoms with E-state index in [1.165, 1.54) is 0 Å². The van der Waals surface area contributed by atoms with Gasteiger partial charge in [0.05, 0.1) is 23.3 Å². The van der Waals surface area contributed by atoms with E-state index in [4.69, 9.17) is 16.3 Å². The highest BCUT2D eigenvalue weighted by atomic mass is 35.5. The van der Waals surface area contributed by atoms with Crippen molar-refractivity contribution in [2.45, 2.75) is 26.7 Å². The second-order valence-corrected chi connectivity index (χ2v) is 4.32. The molecule has 2 heterocycles. The Bertz CT molecular complexity index is 605. The smallest absolute Gasteiger partial charge is 0.214 e. The van der Waals surface area contributed by atoms with Crippen LogP contribution in [0.4, 0.5) is 0 Å². The minimum Gasteiger partial charge on any atom is -0.481 e. The maximum absolute atomic E-state index is 11.9. The number of fused-ring (bicyclic) bond motifs is 1. The van der Waals surface area contributed by atoms with Crippen molar-refractivity contribution >= 4 is 22.9 Å². The van der Waals surface area contributed by atoms with Crippen LogP contribution in [0.3, 0.4) is 0 Å². The number of aryl methyl sites for hydroxylation is 1. The van der Waals surface area contributed by atoms with Crippen LogP contribution in [0.5, 0.6) is 5.88 Å². The lowest BCUT2D eigenvalue weighted by molar-refractivity contribution is 0.0989. The quantitative estimate of drug-likeness (QED) is 0.799. The van der Waals surface area contributed by atoms with E-state index < -0.39 is 0 Å². The van der Waals surface area contributed by atoms with Crippen LogP contribution in [-0.4, -0.2) is 22.5 Å². The molecule has 96 valence electrons. The molecule has 0 saturated carbocycles. The maximum Gasteiger partial charge on any atom is 0.214 e. The molecule has 0 fully saturated rings. The van der Waals surface area contributed by atoms with Gasteiger partial charge < -0.3 is 4.74 Å². The van der Waals surface area contributed by atoms with Crippen LogP contribution >= 0.6 is 11.6 Å². The van der Waals surface area contributed by atoms with Gasteiger partial charge in [0.1, 0.15) is 0 Å². The molecular weight excluding hydrogens is 252 g/mol. The zero-order valence-corrected chi connectivity index (χ0v) is 11.4. The third kappa shape index (κ3) is 1.86. The number of hydrogen-bond donors (Lipinski definition) is 0. The topological polar surface area (TPSA) is 43.6 Å². The fourth-order valence-corrected chi connectivity index (χ4v) is 2.29. The number of rotatable bonds is 4. The van der Waals surface area contributed by atoms with Crippen LogP contribution in [0.15, 0.2) is 12.1 Å². The average Bonchev–Trinajstić information content (AvgIpc) is 2.74. The van der Waals surface area contributed by atoms with Crippen molar-refractivity contribution in [1.82, 2.24) is 9.61 Å². The van der Waals surface area contributed by atoms with Gasteiger partial charge in [-0.2, -0.15) is 9.61 Å². The van der Waals surface area contributed by atoms with Gasteiger partial charge in [0.25, 0.3) is 0 Å². The zero-order chi connectivity index (χ0) is 13.3. The van der Waals surface area contributed by atoms with Gasteiger partial charge in [0.2, 0.25) is 5.88 Å². The lowest BCUT2D eigenvalue weighted by Crippen LogP contribution is -2.03. The van der Waals surface area contributed by atoms with Gasteiger partial charge in [0, 0.05) is 18.1 Å². The average molecular weight is 267 g/mol. The van der Waals surface area contributed by atoms with E-state index in [1.807, 2.05) is 13.8 Å². The number of hydrogen-bond acceptors (Lipinski definition) is 3. The first-order valence-corrected chi connectivity index (χ1v) is 6.29. The molecule has 4 nitrogen and oxygen atoms in total. The molecular formula is C13H15ClN2O2. The van der Waals surface area contributed by atoms with Crippen LogP contribution in [-0.2, 0) is 6.42 Å². The van der Waals surface area contributed by atoms with Gasteiger partial charge in [-0.05, 0) is 12.5 Å². The van der Waals surface area contributed by atoms with Gasteiger partial charge >= 0.3 is 0 Å². The van der Waals surface area contributed by atoms with Gasteiger partial charge in [-0.3, -0.25) is 4.79 Å². The fraction of sp³-hybridized carbons (Fsp3) is 0.385. The number of methoxy groups -OCH3 is 1. The Morgan fingerprint density at radius 2 is 2.17 bits per heavy atom. The molecule has 2 rings (SSSR count). The number of aromatic nitrogens is 2.